The average molecular weight is 1060 g/mol. The lowest BCUT2D eigenvalue weighted by atomic mass is 10.0. The normalized spacial score (nSPS) is 13.2. The maximum absolute atomic E-state index is 12.8. The zero-order chi connectivity index (χ0) is 53.5. The zero-order valence-corrected chi connectivity index (χ0v) is 50.3. The van der Waals surface area contributed by atoms with Crippen molar-refractivity contribution in [1.29, 1.82) is 0 Å². The van der Waals surface area contributed by atoms with E-state index in [1.165, 1.54) is 263 Å². The van der Waals surface area contributed by atoms with Crippen molar-refractivity contribution in [3.05, 3.63) is 12.2 Å². The summed E-state index contributed by atoms with van der Waals surface area (Å²) in [6.45, 7) is 4.51. The Bertz CT molecular complexity index is 1240. The molecule has 9 nitrogen and oxygen atoms in total. The molecule has 10 heteroatoms. The van der Waals surface area contributed by atoms with Gasteiger partial charge in [-0.2, -0.15) is 0 Å². The van der Waals surface area contributed by atoms with E-state index in [9.17, 15) is 19.0 Å². The number of allylic oxidation sites excluding steroid dienone is 2. The Labute approximate surface area is 454 Å². The van der Waals surface area contributed by atoms with Gasteiger partial charge in [-0.15, -0.1) is 0 Å². The molecular formula is C63H125NO8P+. The first-order valence-electron chi connectivity index (χ1n) is 31.9. The van der Waals surface area contributed by atoms with Crippen molar-refractivity contribution < 1.29 is 42.1 Å². The van der Waals surface area contributed by atoms with E-state index < -0.39 is 26.5 Å². The predicted octanol–water partition coefficient (Wildman–Crippen LogP) is 20.0. The molecule has 0 aromatic heterocycles. The number of hydrogen-bond donors (Lipinski definition) is 1. The number of phosphoric acid groups is 1. The molecule has 1 N–H and O–H groups in total. The number of phosphoric ester groups is 1. The molecule has 2 unspecified atom stereocenters. The second-order valence-corrected chi connectivity index (χ2v) is 24.6. The van der Waals surface area contributed by atoms with Crippen molar-refractivity contribution in [2.45, 2.75) is 335 Å². The van der Waals surface area contributed by atoms with E-state index >= 15 is 0 Å². The molecule has 0 radical (unpaired) electrons. The van der Waals surface area contributed by atoms with E-state index in [1.54, 1.807) is 0 Å². The molecule has 0 aliphatic rings. The number of unbranched alkanes of at least 4 members (excludes halogenated alkanes) is 44. The fourth-order valence-corrected chi connectivity index (χ4v) is 10.3. The van der Waals surface area contributed by atoms with Crippen molar-refractivity contribution in [2.75, 3.05) is 47.5 Å². The SMILES string of the molecule is CCCCCCCCCC/C=C\CCCCCCCCCCCCCCCCCCCC(=O)OC(COC(=O)CCCCCCCCCCCCCCCCCCCCCC)COP(=O)(O)OCC[N+](C)(C)C. The number of rotatable bonds is 60. The van der Waals surface area contributed by atoms with Crippen LogP contribution in [0.3, 0.4) is 0 Å². The maximum atomic E-state index is 12.8. The number of quaternary nitrogens is 1. The van der Waals surface area contributed by atoms with Crippen LogP contribution in [-0.2, 0) is 32.7 Å². The van der Waals surface area contributed by atoms with Gasteiger partial charge < -0.3 is 18.9 Å². The smallest absolute Gasteiger partial charge is 0.462 e. The summed E-state index contributed by atoms with van der Waals surface area (Å²) in [5.74, 6) is -0.774. The third-order valence-electron chi connectivity index (χ3n) is 14.5. The highest BCUT2D eigenvalue weighted by Crippen LogP contribution is 2.43. The summed E-state index contributed by atoms with van der Waals surface area (Å²) in [5.41, 5.74) is 0. The van der Waals surface area contributed by atoms with Crippen LogP contribution >= 0.6 is 7.82 Å². The lowest BCUT2D eigenvalue weighted by Crippen LogP contribution is -2.37. The first-order chi connectivity index (χ1) is 35.5. The van der Waals surface area contributed by atoms with Crippen LogP contribution in [0.5, 0.6) is 0 Å². The largest absolute Gasteiger partial charge is 0.472 e. The molecule has 0 saturated carbocycles. The Hall–Kier alpha value is -1.25. The summed E-state index contributed by atoms with van der Waals surface area (Å²) in [6.07, 6.45) is 65.8. The summed E-state index contributed by atoms with van der Waals surface area (Å²) in [6, 6.07) is 0. The second kappa shape index (κ2) is 55.5. The zero-order valence-electron chi connectivity index (χ0n) is 49.4. The van der Waals surface area contributed by atoms with Crippen LogP contribution in [0.25, 0.3) is 0 Å². The lowest BCUT2D eigenvalue weighted by molar-refractivity contribution is -0.870. The molecular weight excluding hydrogens is 930 g/mol. The van der Waals surface area contributed by atoms with Gasteiger partial charge >= 0.3 is 19.8 Å². The highest BCUT2D eigenvalue weighted by molar-refractivity contribution is 7.47. The minimum atomic E-state index is -4.38. The van der Waals surface area contributed by atoms with E-state index in [4.69, 9.17) is 18.5 Å². The van der Waals surface area contributed by atoms with Gasteiger partial charge in [0.05, 0.1) is 27.7 Å². The van der Waals surface area contributed by atoms with Gasteiger partial charge in [-0.3, -0.25) is 18.6 Å². The summed E-state index contributed by atoms with van der Waals surface area (Å²) in [7, 11) is 1.50. The lowest BCUT2D eigenvalue weighted by Gasteiger charge is -2.24. The van der Waals surface area contributed by atoms with Crippen molar-refractivity contribution in [1.82, 2.24) is 0 Å². The van der Waals surface area contributed by atoms with Crippen LogP contribution in [0.15, 0.2) is 12.2 Å². The van der Waals surface area contributed by atoms with E-state index in [1.807, 2.05) is 21.1 Å². The third-order valence-corrected chi connectivity index (χ3v) is 15.5. The van der Waals surface area contributed by atoms with Crippen LogP contribution in [0, 0.1) is 0 Å². The van der Waals surface area contributed by atoms with Gasteiger partial charge in [-0.05, 0) is 38.5 Å². The second-order valence-electron chi connectivity index (χ2n) is 23.2. The van der Waals surface area contributed by atoms with Gasteiger partial charge in [-0.25, -0.2) is 4.57 Å². The van der Waals surface area contributed by atoms with Crippen molar-refractivity contribution in [3.8, 4) is 0 Å². The molecule has 0 rings (SSSR count). The first-order valence-corrected chi connectivity index (χ1v) is 33.4. The Morgan fingerprint density at radius 1 is 0.411 bits per heavy atom. The summed E-state index contributed by atoms with van der Waals surface area (Å²) in [4.78, 5) is 35.8. The van der Waals surface area contributed by atoms with Crippen molar-refractivity contribution >= 4 is 19.8 Å². The van der Waals surface area contributed by atoms with Crippen molar-refractivity contribution in [2.24, 2.45) is 0 Å². The average Bonchev–Trinajstić information content (AvgIpc) is 3.35. The summed E-state index contributed by atoms with van der Waals surface area (Å²) < 4.78 is 34.7. The van der Waals surface area contributed by atoms with Gasteiger partial charge in [0.1, 0.15) is 19.8 Å². The fourth-order valence-electron chi connectivity index (χ4n) is 9.60. The molecule has 73 heavy (non-hydrogen) atoms. The number of carbonyl (C=O) groups is 2. The summed E-state index contributed by atoms with van der Waals surface area (Å²) >= 11 is 0. The monoisotopic (exact) mass is 1050 g/mol. The Balaban J connectivity index is 4.03. The fraction of sp³-hybridized carbons (Fsp3) is 0.937. The van der Waals surface area contributed by atoms with E-state index in [0.29, 0.717) is 17.4 Å². The summed E-state index contributed by atoms with van der Waals surface area (Å²) in [5, 5.41) is 0. The molecule has 0 aliphatic carbocycles. The molecule has 0 fully saturated rings. The van der Waals surface area contributed by atoms with Crippen LogP contribution in [0.4, 0.5) is 0 Å². The molecule has 0 saturated heterocycles. The Kier molecular flexibility index (Phi) is 54.6. The maximum Gasteiger partial charge on any atom is 0.472 e. The molecule has 0 spiro atoms. The quantitative estimate of drug-likeness (QED) is 0.0211. The van der Waals surface area contributed by atoms with Gasteiger partial charge in [0.25, 0.3) is 0 Å². The van der Waals surface area contributed by atoms with E-state index in [2.05, 4.69) is 26.0 Å². The van der Waals surface area contributed by atoms with E-state index in [-0.39, 0.29) is 25.6 Å². The number of esters is 2. The van der Waals surface area contributed by atoms with Crippen LogP contribution in [-0.4, -0.2) is 74.9 Å². The molecule has 0 heterocycles. The Morgan fingerprint density at radius 3 is 1.01 bits per heavy atom. The van der Waals surface area contributed by atoms with Gasteiger partial charge in [0.15, 0.2) is 6.10 Å². The van der Waals surface area contributed by atoms with Gasteiger partial charge in [0, 0.05) is 12.8 Å². The molecule has 2 atom stereocenters. The molecule has 0 aliphatic heterocycles. The van der Waals surface area contributed by atoms with Crippen molar-refractivity contribution in [3.63, 3.8) is 0 Å². The molecule has 0 amide bonds. The highest BCUT2D eigenvalue weighted by Gasteiger charge is 2.27. The van der Waals surface area contributed by atoms with Gasteiger partial charge in [0.2, 0.25) is 0 Å². The number of nitrogens with zero attached hydrogens (tertiary/aromatic N) is 1. The van der Waals surface area contributed by atoms with Crippen LogP contribution < -0.4 is 0 Å². The first kappa shape index (κ1) is 71.8. The molecule has 0 bridgehead atoms. The minimum Gasteiger partial charge on any atom is -0.462 e. The molecule has 0 aromatic rings. The third kappa shape index (κ3) is 59.8. The van der Waals surface area contributed by atoms with Crippen LogP contribution in [0.2, 0.25) is 0 Å². The highest BCUT2D eigenvalue weighted by atomic mass is 31.2. The molecule has 434 valence electrons. The number of carbonyl (C=O) groups excluding carboxylic acids is 2. The number of likely N-dealkylation sites (N-methyl/N-ethyl adjacent to an activating group) is 1. The van der Waals surface area contributed by atoms with Crippen LogP contribution in [0.1, 0.15) is 328 Å². The molecule has 0 aromatic carbocycles. The van der Waals surface area contributed by atoms with E-state index in [0.717, 1.165) is 38.5 Å². The topological polar surface area (TPSA) is 108 Å². The minimum absolute atomic E-state index is 0.0363. The van der Waals surface area contributed by atoms with Gasteiger partial charge in [-0.1, -0.05) is 289 Å². The standard InChI is InChI=1S/C63H124NO8P/c1-6-8-10-12-14-16-18-20-22-24-26-28-29-30-31-32-33-34-35-36-38-40-42-44-46-48-50-52-54-56-63(66)72-61(60-71-73(67,68)70-58-57-64(3,4)5)59-69-62(65)55-53-51-49-47-45-43-41-39-37-27-25-23-21-19-17-15-13-11-9-7-2/h24,26,61H,6-23,25,27-60H2,1-5H3/p+1/b26-24-. The Morgan fingerprint density at radius 2 is 0.699 bits per heavy atom. The number of ether oxygens (including phenoxy) is 2. The number of hydrogen-bond acceptors (Lipinski definition) is 7. The predicted molar refractivity (Wildman–Crippen MR) is 312 cm³/mol.